The zero-order chi connectivity index (χ0) is 20.8. The number of H-pyrrole nitrogens is 1. The van der Waals surface area contributed by atoms with Crippen molar-refractivity contribution in [3.8, 4) is 0 Å². The highest BCUT2D eigenvalue weighted by molar-refractivity contribution is 6.30. The average molecular weight is 425 g/mol. The van der Waals surface area contributed by atoms with Crippen LogP contribution in [0.5, 0.6) is 0 Å². The summed E-state index contributed by atoms with van der Waals surface area (Å²) in [4.78, 5) is 26.6. The maximum atomic E-state index is 12.7. The van der Waals surface area contributed by atoms with Gasteiger partial charge in [-0.3, -0.25) is 9.69 Å². The first-order chi connectivity index (χ1) is 14.7. The summed E-state index contributed by atoms with van der Waals surface area (Å²) in [5.74, 6) is 0.861. The van der Waals surface area contributed by atoms with E-state index in [9.17, 15) is 4.79 Å². The Hall–Kier alpha value is -2.90. The number of pyridine rings is 1. The van der Waals surface area contributed by atoms with Gasteiger partial charge in [0.05, 0.1) is 22.6 Å². The van der Waals surface area contributed by atoms with E-state index < -0.39 is 0 Å². The standard InChI is InChI=1S/C22H25ClN6O/c23-17-5-6-21(26-12-17)28-22(30)19-3-1-2-4-20(19)25-11-16-7-9-29(10-8-16)14-18-13-24-15-27-18/h1-6,12-13,15-16,25H,7-11,14H2,(H,24,27)(H,26,28,30). The average Bonchev–Trinajstić information content (AvgIpc) is 3.28. The number of carbonyl (C=O) groups is 1. The predicted octanol–water partition coefficient (Wildman–Crippen LogP) is 4.03. The Kier molecular flexibility index (Phi) is 6.61. The number of piperidine rings is 1. The van der Waals surface area contributed by atoms with Crippen LogP contribution in [0.2, 0.25) is 5.02 Å². The lowest BCUT2D eigenvalue weighted by Gasteiger charge is -2.31. The van der Waals surface area contributed by atoms with E-state index in [1.807, 2.05) is 30.5 Å². The second-order valence-electron chi connectivity index (χ2n) is 7.52. The number of imidazole rings is 1. The Morgan fingerprint density at radius 3 is 2.73 bits per heavy atom. The summed E-state index contributed by atoms with van der Waals surface area (Å²) < 4.78 is 0. The third kappa shape index (κ3) is 5.37. The Morgan fingerprint density at radius 1 is 1.17 bits per heavy atom. The third-order valence-corrected chi connectivity index (χ3v) is 5.59. The fraction of sp³-hybridized carbons (Fsp3) is 0.318. The molecule has 156 valence electrons. The molecule has 1 saturated heterocycles. The number of para-hydroxylation sites is 1. The van der Waals surface area contributed by atoms with Crippen molar-refractivity contribution in [3.63, 3.8) is 0 Å². The van der Waals surface area contributed by atoms with Gasteiger partial charge in [0.25, 0.3) is 5.91 Å². The van der Waals surface area contributed by atoms with E-state index in [-0.39, 0.29) is 5.91 Å². The van der Waals surface area contributed by atoms with Crippen LogP contribution in [0.1, 0.15) is 28.9 Å². The van der Waals surface area contributed by atoms with Crippen LogP contribution in [0.15, 0.2) is 55.1 Å². The minimum absolute atomic E-state index is 0.193. The molecule has 1 aromatic carbocycles. The fourth-order valence-corrected chi connectivity index (χ4v) is 3.79. The van der Waals surface area contributed by atoms with Crippen LogP contribution < -0.4 is 10.6 Å². The van der Waals surface area contributed by atoms with E-state index in [0.29, 0.717) is 22.3 Å². The molecule has 7 nitrogen and oxygen atoms in total. The minimum atomic E-state index is -0.193. The summed E-state index contributed by atoms with van der Waals surface area (Å²) >= 11 is 5.86. The number of benzene rings is 1. The number of aromatic amines is 1. The van der Waals surface area contributed by atoms with E-state index in [0.717, 1.165) is 50.4 Å². The zero-order valence-electron chi connectivity index (χ0n) is 16.6. The van der Waals surface area contributed by atoms with Crippen molar-refractivity contribution >= 4 is 29.0 Å². The number of carbonyl (C=O) groups excluding carboxylic acids is 1. The molecule has 1 amide bonds. The SMILES string of the molecule is O=C(Nc1ccc(Cl)cn1)c1ccccc1NCC1CCN(Cc2c[nH]cn2)CC1. The van der Waals surface area contributed by atoms with E-state index in [1.165, 1.54) is 6.20 Å². The molecule has 3 heterocycles. The van der Waals surface area contributed by atoms with Gasteiger partial charge in [0.2, 0.25) is 0 Å². The first-order valence-electron chi connectivity index (χ1n) is 10.1. The van der Waals surface area contributed by atoms with Crippen LogP contribution in [0, 0.1) is 5.92 Å². The lowest BCUT2D eigenvalue weighted by Crippen LogP contribution is -2.35. The second-order valence-corrected chi connectivity index (χ2v) is 7.96. The van der Waals surface area contributed by atoms with E-state index in [2.05, 4.69) is 30.5 Å². The Balaban J connectivity index is 1.30. The third-order valence-electron chi connectivity index (χ3n) is 5.37. The molecular weight excluding hydrogens is 400 g/mol. The number of rotatable bonds is 7. The molecular formula is C22H25ClN6O. The van der Waals surface area contributed by atoms with Crippen LogP contribution in [-0.4, -0.2) is 45.4 Å². The van der Waals surface area contributed by atoms with Crippen molar-refractivity contribution in [1.29, 1.82) is 0 Å². The topological polar surface area (TPSA) is 85.9 Å². The van der Waals surface area contributed by atoms with E-state index in [1.54, 1.807) is 18.5 Å². The minimum Gasteiger partial charge on any atom is -0.384 e. The Labute approximate surface area is 180 Å². The number of nitrogens with one attached hydrogen (secondary N) is 3. The van der Waals surface area contributed by atoms with E-state index >= 15 is 0 Å². The lowest BCUT2D eigenvalue weighted by atomic mass is 9.96. The first kappa shape index (κ1) is 20.4. The number of likely N-dealkylation sites (tertiary alicyclic amines) is 1. The molecule has 2 aromatic heterocycles. The maximum Gasteiger partial charge on any atom is 0.258 e. The summed E-state index contributed by atoms with van der Waals surface area (Å²) in [7, 11) is 0. The van der Waals surface area contributed by atoms with Crippen LogP contribution in [0.3, 0.4) is 0 Å². The molecule has 0 spiro atoms. The molecule has 30 heavy (non-hydrogen) atoms. The summed E-state index contributed by atoms with van der Waals surface area (Å²) in [6, 6.07) is 11.0. The highest BCUT2D eigenvalue weighted by atomic mass is 35.5. The summed E-state index contributed by atoms with van der Waals surface area (Å²) in [6.07, 6.45) is 7.44. The summed E-state index contributed by atoms with van der Waals surface area (Å²) in [5.41, 5.74) is 2.52. The molecule has 3 aromatic rings. The lowest BCUT2D eigenvalue weighted by molar-refractivity contribution is 0.102. The fourth-order valence-electron chi connectivity index (χ4n) is 3.68. The number of hydrogen-bond donors (Lipinski definition) is 3. The van der Waals surface area contributed by atoms with Gasteiger partial charge in [-0.2, -0.15) is 0 Å². The van der Waals surface area contributed by atoms with Gasteiger partial charge in [0, 0.05) is 31.2 Å². The molecule has 3 N–H and O–H groups in total. The summed E-state index contributed by atoms with van der Waals surface area (Å²) in [6.45, 7) is 3.86. The number of halogens is 1. The van der Waals surface area contributed by atoms with Gasteiger partial charge in [-0.1, -0.05) is 23.7 Å². The summed E-state index contributed by atoms with van der Waals surface area (Å²) in [5, 5.41) is 6.84. The quantitative estimate of drug-likeness (QED) is 0.533. The van der Waals surface area contributed by atoms with Gasteiger partial charge in [-0.25, -0.2) is 9.97 Å². The smallest absolute Gasteiger partial charge is 0.258 e. The highest BCUT2D eigenvalue weighted by Crippen LogP contribution is 2.22. The Bertz CT molecular complexity index is 952. The van der Waals surface area contributed by atoms with Crippen LogP contribution >= 0.6 is 11.6 Å². The van der Waals surface area contributed by atoms with Crippen LogP contribution in [-0.2, 0) is 6.54 Å². The molecule has 1 aliphatic rings. The first-order valence-corrected chi connectivity index (χ1v) is 10.5. The van der Waals surface area contributed by atoms with Crippen molar-refractivity contribution in [3.05, 3.63) is 71.4 Å². The molecule has 8 heteroatoms. The van der Waals surface area contributed by atoms with Gasteiger partial charge in [0.15, 0.2) is 0 Å². The molecule has 4 rings (SSSR count). The molecule has 0 bridgehead atoms. The van der Waals surface area contributed by atoms with E-state index in [4.69, 9.17) is 11.6 Å². The molecule has 0 atom stereocenters. The number of hydrogen-bond acceptors (Lipinski definition) is 5. The van der Waals surface area contributed by atoms with Crippen molar-refractivity contribution < 1.29 is 4.79 Å². The predicted molar refractivity (Wildman–Crippen MR) is 119 cm³/mol. The van der Waals surface area contributed by atoms with Gasteiger partial charge in [-0.05, 0) is 56.1 Å². The number of aromatic nitrogens is 3. The highest BCUT2D eigenvalue weighted by Gasteiger charge is 2.20. The van der Waals surface area contributed by atoms with Crippen molar-refractivity contribution in [2.24, 2.45) is 5.92 Å². The molecule has 0 unspecified atom stereocenters. The van der Waals surface area contributed by atoms with Crippen molar-refractivity contribution in [2.75, 3.05) is 30.3 Å². The van der Waals surface area contributed by atoms with Gasteiger partial charge >= 0.3 is 0 Å². The molecule has 0 saturated carbocycles. The Morgan fingerprint density at radius 2 is 2.00 bits per heavy atom. The number of nitrogens with zero attached hydrogens (tertiary/aromatic N) is 3. The second kappa shape index (κ2) is 9.73. The zero-order valence-corrected chi connectivity index (χ0v) is 17.4. The largest absolute Gasteiger partial charge is 0.384 e. The van der Waals surface area contributed by atoms with Crippen molar-refractivity contribution in [2.45, 2.75) is 19.4 Å². The molecule has 1 aliphatic heterocycles. The monoisotopic (exact) mass is 424 g/mol. The molecule has 0 aliphatic carbocycles. The normalized spacial score (nSPS) is 15.1. The van der Waals surface area contributed by atoms with Gasteiger partial charge in [0.1, 0.15) is 5.82 Å². The number of amides is 1. The van der Waals surface area contributed by atoms with Gasteiger partial charge in [-0.15, -0.1) is 0 Å². The van der Waals surface area contributed by atoms with Crippen LogP contribution in [0.4, 0.5) is 11.5 Å². The maximum absolute atomic E-state index is 12.7. The van der Waals surface area contributed by atoms with Gasteiger partial charge < -0.3 is 15.6 Å². The molecule has 0 radical (unpaired) electrons. The van der Waals surface area contributed by atoms with Crippen LogP contribution in [0.25, 0.3) is 0 Å². The van der Waals surface area contributed by atoms with Crippen molar-refractivity contribution in [1.82, 2.24) is 19.9 Å². The number of anilines is 2. The molecule has 1 fully saturated rings.